The van der Waals surface area contributed by atoms with Crippen LogP contribution in [0.25, 0.3) is 0 Å². The minimum atomic E-state index is 0.0407. The second-order valence-electron chi connectivity index (χ2n) is 6.70. The number of morpholine rings is 1. The van der Waals surface area contributed by atoms with Crippen LogP contribution in [0, 0.1) is 16.7 Å². The Hall–Kier alpha value is -0.610. The van der Waals surface area contributed by atoms with Gasteiger partial charge in [-0.3, -0.25) is 4.79 Å². The summed E-state index contributed by atoms with van der Waals surface area (Å²) in [6.45, 7) is 12.3. The van der Waals surface area contributed by atoms with Gasteiger partial charge in [-0.05, 0) is 16.7 Å². The van der Waals surface area contributed by atoms with Crippen LogP contribution in [0.4, 0.5) is 0 Å². The molecule has 1 amide bonds. The summed E-state index contributed by atoms with van der Waals surface area (Å²) in [6, 6.07) is 0. The molecule has 1 heterocycles. The molecule has 2 rings (SSSR count). The van der Waals surface area contributed by atoms with E-state index in [1.165, 1.54) is 0 Å². The maximum Gasteiger partial charge on any atom is 0.222 e. The number of hydrogen-bond donors (Lipinski definition) is 2. The van der Waals surface area contributed by atoms with Crippen LogP contribution in [0.2, 0.25) is 0 Å². The summed E-state index contributed by atoms with van der Waals surface area (Å²) < 4.78 is 5.53. The molecular weight excluding hydrogens is 228 g/mol. The van der Waals surface area contributed by atoms with Crippen molar-refractivity contribution >= 4 is 5.91 Å². The molecule has 2 N–H and O–H groups in total. The third-order valence-corrected chi connectivity index (χ3v) is 5.24. The fraction of sp³-hybridized carbons (Fsp3) is 0.929. The Bertz CT molecular complexity index is 306. The van der Waals surface area contributed by atoms with E-state index >= 15 is 0 Å². The molecule has 1 saturated heterocycles. The number of rotatable bonds is 4. The van der Waals surface area contributed by atoms with Gasteiger partial charge in [0.25, 0.3) is 0 Å². The Kier molecular flexibility index (Phi) is 3.70. The van der Waals surface area contributed by atoms with Crippen LogP contribution in [0.3, 0.4) is 0 Å². The van der Waals surface area contributed by atoms with Gasteiger partial charge in [0, 0.05) is 19.6 Å². The molecule has 1 unspecified atom stereocenters. The van der Waals surface area contributed by atoms with Gasteiger partial charge in [0.1, 0.15) is 0 Å². The predicted molar refractivity (Wildman–Crippen MR) is 71.3 cm³/mol. The smallest absolute Gasteiger partial charge is 0.222 e. The third kappa shape index (κ3) is 2.54. The largest absolute Gasteiger partial charge is 0.375 e. The van der Waals surface area contributed by atoms with Gasteiger partial charge in [-0.25, -0.2) is 0 Å². The number of carbonyl (C=O) groups excluding carboxylic acids is 1. The van der Waals surface area contributed by atoms with Crippen molar-refractivity contribution in [2.45, 2.75) is 40.2 Å². The molecule has 0 radical (unpaired) electrons. The lowest BCUT2D eigenvalue weighted by Gasteiger charge is -2.23. The molecule has 1 aliphatic carbocycles. The second-order valence-corrected chi connectivity index (χ2v) is 6.70. The first-order valence-electron chi connectivity index (χ1n) is 6.94. The quantitative estimate of drug-likeness (QED) is 0.791. The van der Waals surface area contributed by atoms with Gasteiger partial charge in [0.2, 0.25) is 5.91 Å². The summed E-state index contributed by atoms with van der Waals surface area (Å²) in [4.78, 5) is 11.8. The fourth-order valence-electron chi connectivity index (χ4n) is 3.09. The highest BCUT2D eigenvalue weighted by Gasteiger charge is 2.64. The molecule has 0 aromatic rings. The summed E-state index contributed by atoms with van der Waals surface area (Å²) in [7, 11) is 0. The van der Waals surface area contributed by atoms with E-state index in [2.05, 4.69) is 38.3 Å². The zero-order valence-electron chi connectivity index (χ0n) is 12.0. The molecule has 0 bridgehead atoms. The summed E-state index contributed by atoms with van der Waals surface area (Å²) in [5.41, 5.74) is 0.673. The maximum absolute atomic E-state index is 11.8. The number of carbonyl (C=O) groups is 1. The first kappa shape index (κ1) is 13.8. The highest BCUT2D eigenvalue weighted by Crippen LogP contribution is 2.67. The molecule has 0 aromatic carbocycles. The van der Waals surface area contributed by atoms with Gasteiger partial charge < -0.3 is 15.4 Å². The minimum Gasteiger partial charge on any atom is -0.375 e. The predicted octanol–water partition coefficient (Wildman–Crippen LogP) is 1.16. The maximum atomic E-state index is 11.8. The first-order valence-corrected chi connectivity index (χ1v) is 6.94. The third-order valence-electron chi connectivity index (χ3n) is 5.24. The lowest BCUT2D eigenvalue weighted by Crippen LogP contribution is -2.41. The molecule has 4 heteroatoms. The van der Waals surface area contributed by atoms with Crippen LogP contribution >= 0.6 is 0 Å². The van der Waals surface area contributed by atoms with Crippen LogP contribution in [0.5, 0.6) is 0 Å². The van der Waals surface area contributed by atoms with Crippen LogP contribution in [0.15, 0.2) is 0 Å². The van der Waals surface area contributed by atoms with Crippen molar-refractivity contribution in [2.75, 3.05) is 26.2 Å². The zero-order chi connectivity index (χ0) is 13.4. The van der Waals surface area contributed by atoms with E-state index in [0.717, 1.165) is 19.6 Å². The zero-order valence-corrected chi connectivity index (χ0v) is 12.0. The highest BCUT2D eigenvalue weighted by atomic mass is 16.5. The molecule has 4 nitrogen and oxygen atoms in total. The second kappa shape index (κ2) is 4.82. The van der Waals surface area contributed by atoms with Crippen LogP contribution < -0.4 is 10.6 Å². The summed E-state index contributed by atoms with van der Waals surface area (Å²) in [5.74, 6) is 0.696. The van der Waals surface area contributed by atoms with Crippen molar-refractivity contribution in [3.8, 4) is 0 Å². The summed E-state index contributed by atoms with van der Waals surface area (Å²) in [6.07, 6.45) is 0.514. The Labute approximate surface area is 110 Å². The molecule has 0 spiro atoms. The molecule has 1 aliphatic heterocycles. The minimum absolute atomic E-state index is 0.0407. The first-order chi connectivity index (χ1) is 8.35. The van der Waals surface area contributed by atoms with Crippen molar-refractivity contribution in [3.63, 3.8) is 0 Å². The average molecular weight is 254 g/mol. The van der Waals surface area contributed by atoms with E-state index in [-0.39, 0.29) is 12.0 Å². The van der Waals surface area contributed by atoms with Gasteiger partial charge >= 0.3 is 0 Å². The topological polar surface area (TPSA) is 50.4 Å². The Morgan fingerprint density at radius 1 is 1.33 bits per heavy atom. The number of amides is 1. The van der Waals surface area contributed by atoms with Crippen LogP contribution in [-0.2, 0) is 9.53 Å². The highest BCUT2D eigenvalue weighted by molar-refractivity contribution is 5.76. The van der Waals surface area contributed by atoms with Crippen molar-refractivity contribution in [1.82, 2.24) is 10.6 Å². The van der Waals surface area contributed by atoms with E-state index in [1.807, 2.05) is 0 Å². The summed E-state index contributed by atoms with van der Waals surface area (Å²) in [5, 5.41) is 6.30. The van der Waals surface area contributed by atoms with Crippen molar-refractivity contribution < 1.29 is 9.53 Å². The van der Waals surface area contributed by atoms with Crippen molar-refractivity contribution in [2.24, 2.45) is 16.7 Å². The Balaban J connectivity index is 1.70. The van der Waals surface area contributed by atoms with Gasteiger partial charge in [0.15, 0.2) is 0 Å². The van der Waals surface area contributed by atoms with Gasteiger partial charge in [-0.15, -0.1) is 0 Å². The van der Waals surface area contributed by atoms with E-state index in [4.69, 9.17) is 4.74 Å². The molecule has 1 atom stereocenters. The number of nitrogens with one attached hydrogen (secondary N) is 2. The van der Waals surface area contributed by atoms with Crippen molar-refractivity contribution in [1.29, 1.82) is 0 Å². The molecule has 1 saturated carbocycles. The van der Waals surface area contributed by atoms with Crippen LogP contribution in [0.1, 0.15) is 34.1 Å². The van der Waals surface area contributed by atoms with Gasteiger partial charge in [-0.2, -0.15) is 0 Å². The molecule has 2 aliphatic rings. The molecule has 0 aromatic heterocycles. The molecule has 18 heavy (non-hydrogen) atoms. The summed E-state index contributed by atoms with van der Waals surface area (Å²) >= 11 is 0. The lowest BCUT2D eigenvalue weighted by atomic mass is 10.0. The number of hydrogen-bond acceptors (Lipinski definition) is 3. The average Bonchev–Trinajstić information content (AvgIpc) is 2.68. The lowest BCUT2D eigenvalue weighted by molar-refractivity contribution is -0.124. The van der Waals surface area contributed by atoms with Crippen LogP contribution in [-0.4, -0.2) is 38.3 Å². The Morgan fingerprint density at radius 3 is 2.50 bits per heavy atom. The Morgan fingerprint density at radius 2 is 2.00 bits per heavy atom. The van der Waals surface area contributed by atoms with Gasteiger partial charge in [0.05, 0.1) is 19.1 Å². The fourth-order valence-corrected chi connectivity index (χ4v) is 3.09. The number of ether oxygens (including phenoxy) is 1. The monoisotopic (exact) mass is 254 g/mol. The molecule has 104 valence electrons. The van der Waals surface area contributed by atoms with E-state index in [1.54, 1.807) is 0 Å². The van der Waals surface area contributed by atoms with Gasteiger partial charge in [-0.1, -0.05) is 27.7 Å². The molecular formula is C14H26N2O2. The normalized spacial score (nSPS) is 29.9. The van der Waals surface area contributed by atoms with E-state index < -0.39 is 0 Å². The standard InChI is InChI=1S/C14H26N2O2/c1-13(2)11(14(13,3)4)9-16-12(17)7-10-8-15-5-6-18-10/h10-11,15H,5-9H2,1-4H3,(H,16,17). The van der Waals surface area contributed by atoms with E-state index in [9.17, 15) is 4.79 Å². The molecule has 2 fully saturated rings. The SMILES string of the molecule is CC1(C)C(CNC(=O)CC2CNCCO2)C1(C)C. The van der Waals surface area contributed by atoms with E-state index in [0.29, 0.717) is 29.8 Å². The van der Waals surface area contributed by atoms with Crippen molar-refractivity contribution in [3.05, 3.63) is 0 Å².